The maximum absolute atomic E-state index is 9.70. The van der Waals surface area contributed by atoms with Crippen molar-refractivity contribution in [1.82, 2.24) is 5.32 Å². The van der Waals surface area contributed by atoms with Gasteiger partial charge in [-0.05, 0) is 20.8 Å². The molecule has 0 spiro atoms. The zero-order valence-electron chi connectivity index (χ0n) is 6.10. The second-order valence-corrected chi connectivity index (χ2v) is 2.72. The second-order valence-electron chi connectivity index (χ2n) is 2.72. The number of rotatable bonds is 3. The number of ether oxygens (including phenoxy) is 1. The third kappa shape index (κ3) is 7.43. The highest BCUT2D eigenvalue weighted by molar-refractivity contribution is 5.45. The minimum Gasteiger partial charge on any atom is -0.356 e. The van der Waals surface area contributed by atoms with Crippen LogP contribution in [0.2, 0.25) is 0 Å². The van der Waals surface area contributed by atoms with Crippen molar-refractivity contribution in [2.24, 2.45) is 0 Å². The van der Waals surface area contributed by atoms with E-state index in [4.69, 9.17) is 4.74 Å². The van der Waals surface area contributed by atoms with Crippen LogP contribution in [0.4, 0.5) is 0 Å². The largest absolute Gasteiger partial charge is 0.356 e. The molecule has 0 unspecified atom stereocenters. The summed E-state index contributed by atoms with van der Waals surface area (Å²) in [6, 6.07) is 0. The molecule has 0 aliphatic heterocycles. The molecule has 54 valence electrons. The monoisotopic (exact) mass is 131 g/mol. The number of hydrogen-bond acceptors (Lipinski definition) is 2. The number of nitrogens with one attached hydrogen (secondary N) is 1. The molecule has 0 radical (unpaired) electrons. The van der Waals surface area contributed by atoms with E-state index in [0.717, 1.165) is 0 Å². The highest BCUT2D eigenvalue weighted by atomic mass is 16.5. The van der Waals surface area contributed by atoms with Crippen molar-refractivity contribution in [2.45, 2.75) is 26.4 Å². The van der Waals surface area contributed by atoms with Crippen molar-refractivity contribution in [1.29, 1.82) is 0 Å². The van der Waals surface area contributed by atoms with Gasteiger partial charge in [-0.1, -0.05) is 0 Å². The van der Waals surface area contributed by atoms with Crippen molar-refractivity contribution in [3.8, 4) is 0 Å². The topological polar surface area (TPSA) is 38.3 Å². The van der Waals surface area contributed by atoms with Crippen LogP contribution in [0.25, 0.3) is 0 Å². The molecule has 0 aliphatic carbocycles. The van der Waals surface area contributed by atoms with Crippen molar-refractivity contribution in [2.75, 3.05) is 6.73 Å². The first-order valence-corrected chi connectivity index (χ1v) is 2.87. The van der Waals surface area contributed by atoms with Crippen LogP contribution in [0.5, 0.6) is 0 Å². The lowest BCUT2D eigenvalue weighted by Crippen LogP contribution is -2.26. The van der Waals surface area contributed by atoms with Crippen LogP contribution in [-0.2, 0) is 9.53 Å². The summed E-state index contributed by atoms with van der Waals surface area (Å²) in [4.78, 5) is 9.70. The molecule has 0 bridgehead atoms. The van der Waals surface area contributed by atoms with Crippen LogP contribution in [-0.4, -0.2) is 18.7 Å². The molecule has 0 aromatic rings. The number of hydrogen-bond donors (Lipinski definition) is 1. The van der Waals surface area contributed by atoms with Crippen molar-refractivity contribution >= 4 is 6.41 Å². The molecule has 1 N–H and O–H groups in total. The minimum absolute atomic E-state index is 0.171. The Morgan fingerprint density at radius 2 is 2.11 bits per heavy atom. The first-order chi connectivity index (χ1) is 4.06. The molecule has 0 rings (SSSR count). The van der Waals surface area contributed by atoms with Gasteiger partial charge in [0.25, 0.3) is 0 Å². The van der Waals surface area contributed by atoms with E-state index in [9.17, 15) is 4.79 Å². The van der Waals surface area contributed by atoms with E-state index in [1.807, 2.05) is 20.8 Å². The van der Waals surface area contributed by atoms with Gasteiger partial charge in [0.2, 0.25) is 6.41 Å². The predicted octanol–water partition coefficient (Wildman–Crippen LogP) is 0.505. The molecule has 1 amide bonds. The Labute approximate surface area is 55.4 Å². The van der Waals surface area contributed by atoms with Crippen LogP contribution < -0.4 is 5.32 Å². The first-order valence-electron chi connectivity index (χ1n) is 2.87. The number of amides is 1. The molecule has 0 saturated carbocycles. The molecule has 0 atom stereocenters. The molecule has 0 fully saturated rings. The summed E-state index contributed by atoms with van der Waals surface area (Å²) < 4.78 is 5.13. The van der Waals surface area contributed by atoms with Gasteiger partial charge in [0.05, 0.1) is 5.60 Å². The van der Waals surface area contributed by atoms with E-state index >= 15 is 0 Å². The Morgan fingerprint density at radius 3 is 2.44 bits per heavy atom. The smallest absolute Gasteiger partial charge is 0.208 e. The summed E-state index contributed by atoms with van der Waals surface area (Å²) >= 11 is 0. The van der Waals surface area contributed by atoms with Crippen LogP contribution in [0.15, 0.2) is 0 Å². The van der Waals surface area contributed by atoms with Crippen LogP contribution in [0.1, 0.15) is 20.8 Å². The fourth-order valence-electron chi connectivity index (χ4n) is 0.292. The maximum Gasteiger partial charge on any atom is 0.208 e. The SMILES string of the molecule is CC(C)(C)OCNC=O. The van der Waals surface area contributed by atoms with Gasteiger partial charge in [-0.3, -0.25) is 4.79 Å². The van der Waals surface area contributed by atoms with Crippen molar-refractivity contribution in [3.05, 3.63) is 0 Å². The van der Waals surface area contributed by atoms with E-state index in [1.54, 1.807) is 0 Å². The maximum atomic E-state index is 9.70. The van der Waals surface area contributed by atoms with Gasteiger partial charge in [0, 0.05) is 0 Å². The van der Waals surface area contributed by atoms with Gasteiger partial charge in [0.15, 0.2) is 0 Å². The van der Waals surface area contributed by atoms with E-state index < -0.39 is 0 Å². The molecule has 3 nitrogen and oxygen atoms in total. The quantitative estimate of drug-likeness (QED) is 0.344. The molecule has 0 saturated heterocycles. The first kappa shape index (κ1) is 8.43. The minimum atomic E-state index is -0.171. The lowest BCUT2D eigenvalue weighted by Gasteiger charge is -2.18. The summed E-state index contributed by atoms with van der Waals surface area (Å²) in [6.07, 6.45) is 0.617. The lowest BCUT2D eigenvalue weighted by molar-refractivity contribution is -0.112. The highest BCUT2D eigenvalue weighted by Gasteiger charge is 2.07. The molecule has 0 aromatic heterocycles. The van der Waals surface area contributed by atoms with E-state index in [0.29, 0.717) is 6.41 Å². The molecule has 0 aliphatic rings. The fourth-order valence-corrected chi connectivity index (χ4v) is 0.292. The third-order valence-corrected chi connectivity index (χ3v) is 0.672. The summed E-state index contributed by atoms with van der Waals surface area (Å²) in [5.74, 6) is 0. The average Bonchev–Trinajstić information content (AvgIpc) is 1.63. The standard InChI is InChI=1S/C6H13NO2/c1-6(2,3)9-5-7-4-8/h4H,5H2,1-3H3,(H,7,8). The summed E-state index contributed by atoms with van der Waals surface area (Å²) in [5.41, 5.74) is -0.171. The molecule has 9 heavy (non-hydrogen) atoms. The second kappa shape index (κ2) is 3.45. The highest BCUT2D eigenvalue weighted by Crippen LogP contribution is 2.04. The van der Waals surface area contributed by atoms with E-state index in [2.05, 4.69) is 5.32 Å². The molecule has 0 aromatic carbocycles. The van der Waals surface area contributed by atoms with E-state index in [-0.39, 0.29) is 12.3 Å². The van der Waals surface area contributed by atoms with Crippen LogP contribution >= 0.6 is 0 Å². The Bertz CT molecular complexity index is 85.5. The van der Waals surface area contributed by atoms with Gasteiger partial charge in [-0.2, -0.15) is 0 Å². The van der Waals surface area contributed by atoms with Gasteiger partial charge < -0.3 is 10.1 Å². The van der Waals surface area contributed by atoms with Crippen molar-refractivity contribution < 1.29 is 9.53 Å². The predicted molar refractivity (Wildman–Crippen MR) is 34.9 cm³/mol. The van der Waals surface area contributed by atoms with Gasteiger partial charge in [-0.15, -0.1) is 0 Å². The van der Waals surface area contributed by atoms with Crippen LogP contribution in [0.3, 0.4) is 0 Å². The number of carbonyl (C=O) groups is 1. The summed E-state index contributed by atoms with van der Waals surface area (Å²) in [7, 11) is 0. The zero-order valence-corrected chi connectivity index (χ0v) is 6.10. The molecule has 3 heteroatoms. The summed E-state index contributed by atoms with van der Waals surface area (Å²) in [5, 5.41) is 2.40. The molecular formula is C6H13NO2. The third-order valence-electron chi connectivity index (χ3n) is 0.672. The number of carbonyl (C=O) groups excluding carboxylic acids is 1. The Kier molecular flexibility index (Phi) is 3.24. The summed E-state index contributed by atoms with van der Waals surface area (Å²) in [6.45, 7) is 6.07. The Morgan fingerprint density at radius 1 is 1.56 bits per heavy atom. The zero-order chi connectivity index (χ0) is 7.33. The van der Waals surface area contributed by atoms with Gasteiger partial charge in [0.1, 0.15) is 6.73 Å². The Balaban J connectivity index is 3.17. The van der Waals surface area contributed by atoms with Gasteiger partial charge >= 0.3 is 0 Å². The van der Waals surface area contributed by atoms with E-state index in [1.165, 1.54) is 0 Å². The van der Waals surface area contributed by atoms with Crippen LogP contribution in [0, 0.1) is 0 Å². The fraction of sp³-hybridized carbons (Fsp3) is 0.833. The van der Waals surface area contributed by atoms with Gasteiger partial charge in [-0.25, -0.2) is 0 Å². The molecular weight excluding hydrogens is 118 g/mol. The average molecular weight is 131 g/mol. The van der Waals surface area contributed by atoms with Crippen molar-refractivity contribution in [3.63, 3.8) is 0 Å². The molecule has 0 heterocycles. The normalized spacial score (nSPS) is 11.0. The Hall–Kier alpha value is -0.570. The lowest BCUT2D eigenvalue weighted by atomic mass is 10.2.